The lowest BCUT2D eigenvalue weighted by atomic mass is 10.0. The fraction of sp³-hybridized carbons (Fsp3) is 0.441. The molecule has 7 heteroatoms. The minimum atomic E-state index is -2.30. The van der Waals surface area contributed by atoms with Gasteiger partial charge in [-0.15, -0.1) is 0 Å². The number of ether oxygens (including phenoxy) is 2. The molecule has 3 aromatic rings. The minimum absolute atomic E-state index is 0.0651. The Kier molecular flexibility index (Phi) is 12.0. The average Bonchev–Trinajstić information content (AvgIpc) is 2.91. The second kappa shape index (κ2) is 14.8. The van der Waals surface area contributed by atoms with E-state index >= 15 is 0 Å². The fourth-order valence-electron chi connectivity index (χ4n) is 4.18. The smallest absolute Gasteiger partial charge is 0.225 e. The molecule has 5 nitrogen and oxygen atoms in total. The topological polar surface area (TPSA) is 65.0 Å². The lowest BCUT2D eigenvalue weighted by Gasteiger charge is -2.42. The molecule has 0 aromatic heterocycles. The largest absolute Gasteiger partial charge is 0.408 e. The maximum atomic E-state index is 13.4. The molecular formula is C34H46O5SSi. The third-order valence-electron chi connectivity index (χ3n) is 7.60. The Balaban J connectivity index is 1.97. The summed E-state index contributed by atoms with van der Waals surface area (Å²) in [5, 5.41) is 13.7. The van der Waals surface area contributed by atoms with Gasteiger partial charge in [0, 0.05) is 12.0 Å². The number of allylic oxidation sites excluding steroid dienone is 1. The van der Waals surface area contributed by atoms with Crippen LogP contribution in [0.2, 0.25) is 18.1 Å². The fourth-order valence-corrected chi connectivity index (χ4v) is 6.31. The van der Waals surface area contributed by atoms with Crippen LogP contribution in [0.4, 0.5) is 0 Å². The van der Waals surface area contributed by atoms with Gasteiger partial charge in [-0.05, 0) is 70.3 Å². The van der Waals surface area contributed by atoms with Gasteiger partial charge in [0.05, 0.1) is 12.7 Å². The van der Waals surface area contributed by atoms with Crippen LogP contribution >= 0.6 is 11.8 Å². The number of methoxy groups -OCH3 is 1. The number of fused-ring (bicyclic) bond motifs is 1. The van der Waals surface area contributed by atoms with E-state index in [9.17, 15) is 9.90 Å². The number of rotatable bonds is 13. The number of hydrogen-bond donors (Lipinski definition) is 1. The summed E-state index contributed by atoms with van der Waals surface area (Å²) < 4.78 is 19.1. The first-order valence-corrected chi connectivity index (χ1v) is 18.0. The molecule has 3 rings (SSSR count). The summed E-state index contributed by atoms with van der Waals surface area (Å²) in [5.41, 5.74) is 0.971. The van der Waals surface area contributed by atoms with Gasteiger partial charge in [0.1, 0.15) is 12.2 Å². The van der Waals surface area contributed by atoms with E-state index in [0.29, 0.717) is 0 Å². The summed E-state index contributed by atoms with van der Waals surface area (Å²) in [4.78, 5) is 14.2. The summed E-state index contributed by atoms with van der Waals surface area (Å²) in [6, 6.07) is 23.8. The van der Waals surface area contributed by atoms with Crippen molar-refractivity contribution >= 4 is 36.0 Å². The summed E-state index contributed by atoms with van der Waals surface area (Å²) in [5.74, 6) is 0.271. The summed E-state index contributed by atoms with van der Waals surface area (Å²) in [7, 11) is -0.850. The monoisotopic (exact) mass is 594 g/mol. The van der Waals surface area contributed by atoms with Gasteiger partial charge in [-0.1, -0.05) is 101 Å². The highest BCUT2D eigenvalue weighted by atomic mass is 32.2. The Morgan fingerprint density at radius 1 is 0.951 bits per heavy atom. The van der Waals surface area contributed by atoms with E-state index in [1.165, 1.54) is 7.11 Å². The van der Waals surface area contributed by atoms with E-state index in [2.05, 4.69) is 78.1 Å². The molecule has 0 radical (unpaired) electrons. The molecule has 0 saturated carbocycles. The van der Waals surface area contributed by atoms with Gasteiger partial charge in [0.2, 0.25) is 5.12 Å². The first kappa shape index (κ1) is 33.2. The molecule has 41 heavy (non-hydrogen) atoms. The summed E-state index contributed by atoms with van der Waals surface area (Å²) in [6.45, 7) is 15.3. The van der Waals surface area contributed by atoms with E-state index in [-0.39, 0.29) is 22.7 Å². The van der Waals surface area contributed by atoms with Crippen LogP contribution in [0.1, 0.15) is 40.2 Å². The highest BCUT2D eigenvalue weighted by molar-refractivity contribution is 8.13. The molecule has 0 unspecified atom stereocenters. The molecule has 1 N–H and O–H groups in total. The summed E-state index contributed by atoms with van der Waals surface area (Å²) in [6.07, 6.45) is 0.243. The van der Waals surface area contributed by atoms with Gasteiger partial charge in [-0.25, -0.2) is 0 Å². The Labute approximate surface area is 251 Å². The van der Waals surface area contributed by atoms with Crippen molar-refractivity contribution in [3.63, 3.8) is 0 Å². The van der Waals surface area contributed by atoms with Gasteiger partial charge in [-0.2, -0.15) is 0 Å². The Hall–Kier alpha value is -2.26. The lowest BCUT2D eigenvalue weighted by Crippen LogP contribution is -2.53. The second-order valence-corrected chi connectivity index (χ2v) is 18.1. The van der Waals surface area contributed by atoms with Crippen LogP contribution in [0.25, 0.3) is 10.8 Å². The number of carbonyl (C=O) groups excluding carboxylic acids is 1. The SMILES string of the molecule is CO[C@@H](C(=O)Sc1ccccc1)[C@H](O)[C@@H](OCc1ccc2ccccc2c1)[C@@H](/C=C/C(C)C)O[Si](C)(C)C(C)(C)C. The van der Waals surface area contributed by atoms with Crippen LogP contribution in [0, 0.1) is 5.92 Å². The number of aliphatic hydroxyl groups is 1. The van der Waals surface area contributed by atoms with Crippen molar-refractivity contribution in [3.05, 3.63) is 90.5 Å². The van der Waals surface area contributed by atoms with Crippen LogP contribution in [-0.4, -0.2) is 50.1 Å². The predicted molar refractivity (Wildman–Crippen MR) is 173 cm³/mol. The molecule has 0 aliphatic heterocycles. The van der Waals surface area contributed by atoms with Gasteiger partial charge < -0.3 is 19.0 Å². The molecule has 0 aliphatic carbocycles. The zero-order valence-electron chi connectivity index (χ0n) is 25.7. The van der Waals surface area contributed by atoms with Crippen LogP contribution in [-0.2, 0) is 25.3 Å². The molecule has 4 atom stereocenters. The highest BCUT2D eigenvalue weighted by Gasteiger charge is 2.44. The molecule has 0 heterocycles. The molecule has 0 amide bonds. The second-order valence-electron chi connectivity index (χ2n) is 12.3. The van der Waals surface area contributed by atoms with Crippen LogP contribution < -0.4 is 0 Å². The van der Waals surface area contributed by atoms with Gasteiger partial charge in [0.25, 0.3) is 0 Å². The van der Waals surface area contributed by atoms with Crippen molar-refractivity contribution in [1.82, 2.24) is 0 Å². The maximum Gasteiger partial charge on any atom is 0.225 e. The van der Waals surface area contributed by atoms with Crippen molar-refractivity contribution in [3.8, 4) is 0 Å². The van der Waals surface area contributed by atoms with Crippen molar-refractivity contribution in [1.29, 1.82) is 0 Å². The van der Waals surface area contributed by atoms with Crippen molar-refractivity contribution in [2.45, 2.75) is 88.7 Å². The third kappa shape index (κ3) is 9.37. The number of thioether (sulfide) groups is 1. The molecule has 3 aromatic carbocycles. The summed E-state index contributed by atoms with van der Waals surface area (Å²) >= 11 is 1.06. The number of aliphatic hydroxyl groups excluding tert-OH is 1. The Bertz CT molecular complexity index is 1290. The van der Waals surface area contributed by atoms with E-state index < -0.39 is 32.7 Å². The van der Waals surface area contributed by atoms with Crippen molar-refractivity contribution in [2.24, 2.45) is 5.92 Å². The first-order valence-electron chi connectivity index (χ1n) is 14.3. The average molecular weight is 595 g/mol. The molecule has 0 spiro atoms. The normalized spacial score (nSPS) is 15.8. The van der Waals surface area contributed by atoms with Gasteiger partial charge in [-0.3, -0.25) is 4.79 Å². The Morgan fingerprint density at radius 2 is 1.59 bits per heavy atom. The lowest BCUT2D eigenvalue weighted by molar-refractivity contribution is -0.148. The molecule has 0 saturated heterocycles. The van der Waals surface area contributed by atoms with Crippen LogP contribution in [0.5, 0.6) is 0 Å². The van der Waals surface area contributed by atoms with Crippen LogP contribution in [0.3, 0.4) is 0 Å². The Morgan fingerprint density at radius 3 is 2.20 bits per heavy atom. The standard InChI is InChI=1S/C34H46O5SSi/c1-24(2)18-21-29(39-41(7,8)34(3,4)5)31(38-23-25-19-20-26-14-12-13-15-27(26)22-25)30(35)32(37-6)33(36)40-28-16-10-9-11-17-28/h9-22,24,29-32,35H,23H2,1-8H3/b21-18+/t29-,30-,31+,32-/m1/s1. The molecule has 0 aliphatic rings. The van der Waals surface area contributed by atoms with E-state index in [1.54, 1.807) is 0 Å². The number of benzene rings is 3. The molecule has 0 bridgehead atoms. The molecule has 0 fully saturated rings. The van der Waals surface area contributed by atoms with Crippen molar-refractivity contribution < 1.29 is 23.8 Å². The predicted octanol–water partition coefficient (Wildman–Crippen LogP) is 8.02. The first-order chi connectivity index (χ1) is 19.3. The zero-order chi connectivity index (χ0) is 30.2. The van der Waals surface area contributed by atoms with E-state index in [1.807, 2.05) is 54.6 Å². The highest BCUT2D eigenvalue weighted by Crippen LogP contribution is 2.39. The van der Waals surface area contributed by atoms with E-state index in [0.717, 1.165) is 33.0 Å². The molecular weight excluding hydrogens is 549 g/mol. The maximum absolute atomic E-state index is 13.4. The minimum Gasteiger partial charge on any atom is -0.408 e. The quantitative estimate of drug-likeness (QED) is 0.123. The van der Waals surface area contributed by atoms with Gasteiger partial charge >= 0.3 is 0 Å². The third-order valence-corrected chi connectivity index (χ3v) is 13.0. The molecule has 222 valence electrons. The van der Waals surface area contributed by atoms with Crippen molar-refractivity contribution in [2.75, 3.05) is 7.11 Å². The number of carbonyl (C=O) groups is 1. The van der Waals surface area contributed by atoms with Gasteiger partial charge in [0.15, 0.2) is 14.4 Å². The zero-order valence-corrected chi connectivity index (χ0v) is 27.5. The van der Waals surface area contributed by atoms with Crippen LogP contribution in [0.15, 0.2) is 89.8 Å². The number of hydrogen-bond acceptors (Lipinski definition) is 6. The van der Waals surface area contributed by atoms with E-state index in [4.69, 9.17) is 13.9 Å².